The topological polar surface area (TPSA) is 81.9 Å². The molecule has 0 atom stereocenters. The van der Waals surface area contributed by atoms with Gasteiger partial charge in [-0.3, -0.25) is 14.9 Å². The van der Waals surface area contributed by atoms with E-state index >= 15 is 0 Å². The van der Waals surface area contributed by atoms with Gasteiger partial charge in [0.15, 0.2) is 11.5 Å². The lowest BCUT2D eigenvalue weighted by Gasteiger charge is -2.22. The number of ether oxygens (including phenoxy) is 2. The number of hydrogen-bond acceptors (Lipinski definition) is 5. The number of nitro groups is 1. The number of nitrogens with zero attached hydrogens (tertiary/aromatic N) is 2. The van der Waals surface area contributed by atoms with Crippen LogP contribution < -0.4 is 9.47 Å². The van der Waals surface area contributed by atoms with Crippen LogP contribution in [0.15, 0.2) is 48.5 Å². The van der Waals surface area contributed by atoms with Gasteiger partial charge in [-0.2, -0.15) is 0 Å². The van der Waals surface area contributed by atoms with E-state index < -0.39 is 4.92 Å². The van der Waals surface area contributed by atoms with Crippen LogP contribution in [0, 0.1) is 10.1 Å². The summed E-state index contributed by atoms with van der Waals surface area (Å²) >= 11 is 0. The third-order valence-corrected chi connectivity index (χ3v) is 4.17. The maximum absolute atomic E-state index is 12.5. The van der Waals surface area contributed by atoms with Crippen molar-refractivity contribution in [2.24, 2.45) is 0 Å². The second-order valence-corrected chi connectivity index (χ2v) is 6.02. The molecule has 0 spiro atoms. The van der Waals surface area contributed by atoms with E-state index in [0.29, 0.717) is 43.4 Å². The molecule has 1 aliphatic heterocycles. The Morgan fingerprint density at radius 3 is 2.70 bits per heavy atom. The van der Waals surface area contributed by atoms with E-state index in [2.05, 4.69) is 0 Å². The molecule has 0 bridgehead atoms. The van der Waals surface area contributed by atoms with Crippen molar-refractivity contribution in [2.45, 2.75) is 13.5 Å². The quantitative estimate of drug-likeness (QED) is 0.443. The fourth-order valence-electron chi connectivity index (χ4n) is 2.77. The summed E-state index contributed by atoms with van der Waals surface area (Å²) in [7, 11) is 0. The van der Waals surface area contributed by atoms with Gasteiger partial charge < -0.3 is 14.4 Å². The van der Waals surface area contributed by atoms with Crippen molar-refractivity contribution < 1.29 is 19.2 Å². The van der Waals surface area contributed by atoms with Crippen molar-refractivity contribution in [2.75, 3.05) is 19.8 Å². The van der Waals surface area contributed by atoms with E-state index in [1.54, 1.807) is 23.1 Å². The van der Waals surface area contributed by atoms with Crippen molar-refractivity contribution in [1.29, 1.82) is 0 Å². The molecule has 0 saturated heterocycles. The van der Waals surface area contributed by atoms with Crippen LogP contribution >= 0.6 is 0 Å². The summed E-state index contributed by atoms with van der Waals surface area (Å²) < 4.78 is 11.1. The van der Waals surface area contributed by atoms with E-state index in [4.69, 9.17) is 9.47 Å². The maximum Gasteiger partial charge on any atom is 0.270 e. The Labute approximate surface area is 157 Å². The fraction of sp³-hybridized carbons (Fsp3) is 0.250. The van der Waals surface area contributed by atoms with Crippen LogP contribution in [0.1, 0.15) is 18.1 Å². The first-order chi connectivity index (χ1) is 13.1. The highest BCUT2D eigenvalue weighted by atomic mass is 16.6. The number of rotatable bonds is 6. The molecule has 0 aliphatic carbocycles. The number of carbonyl (C=O) groups excluding carboxylic acids is 1. The smallest absolute Gasteiger partial charge is 0.270 e. The Bertz CT molecular complexity index is 878. The highest BCUT2D eigenvalue weighted by Crippen LogP contribution is 2.31. The molecule has 140 valence electrons. The molecule has 0 fully saturated rings. The monoisotopic (exact) mass is 368 g/mol. The summed E-state index contributed by atoms with van der Waals surface area (Å²) in [5, 5.41) is 10.8. The molecule has 0 aromatic heterocycles. The number of carbonyl (C=O) groups is 1. The molecule has 0 radical (unpaired) electrons. The average Bonchev–Trinajstić information content (AvgIpc) is 2.70. The number of likely N-dealkylation sites (N-methyl/N-ethyl adjacent to an activating group) is 1. The molecule has 1 amide bonds. The van der Waals surface area contributed by atoms with Gasteiger partial charge in [-0.15, -0.1) is 0 Å². The maximum atomic E-state index is 12.5. The zero-order valence-electron chi connectivity index (χ0n) is 15.0. The SMILES string of the molecule is CCN(Cc1ccc2c(c1)OCCO2)C(=O)/C=C/c1cccc([N+](=O)[O-])c1. The van der Waals surface area contributed by atoms with E-state index in [1.165, 1.54) is 18.2 Å². The largest absolute Gasteiger partial charge is 0.486 e. The lowest BCUT2D eigenvalue weighted by atomic mass is 10.1. The van der Waals surface area contributed by atoms with Gasteiger partial charge in [-0.05, 0) is 36.3 Å². The van der Waals surface area contributed by atoms with E-state index in [1.807, 2.05) is 25.1 Å². The standard InChI is InChI=1S/C20H20N2O5/c1-2-21(14-16-6-8-18-19(13-16)27-11-10-26-18)20(23)9-7-15-4-3-5-17(12-15)22(24)25/h3-9,12-13H,2,10-11,14H2,1H3/b9-7+. The molecule has 7 heteroatoms. The van der Waals surface area contributed by atoms with Crippen LogP contribution in [-0.4, -0.2) is 35.5 Å². The normalized spacial score (nSPS) is 12.8. The van der Waals surface area contributed by atoms with Crippen LogP contribution in [0.3, 0.4) is 0 Å². The van der Waals surface area contributed by atoms with E-state index in [0.717, 1.165) is 5.56 Å². The molecule has 0 saturated carbocycles. The first kappa shape index (κ1) is 18.4. The van der Waals surface area contributed by atoms with Crippen molar-refractivity contribution in [3.8, 4) is 11.5 Å². The molecule has 27 heavy (non-hydrogen) atoms. The van der Waals surface area contributed by atoms with Crippen molar-refractivity contribution in [3.05, 3.63) is 69.8 Å². The molecule has 7 nitrogen and oxygen atoms in total. The molecular weight excluding hydrogens is 348 g/mol. The first-order valence-electron chi connectivity index (χ1n) is 8.67. The van der Waals surface area contributed by atoms with Crippen LogP contribution in [0.5, 0.6) is 11.5 Å². The highest BCUT2D eigenvalue weighted by Gasteiger charge is 2.14. The summed E-state index contributed by atoms with van der Waals surface area (Å²) in [5.41, 5.74) is 1.54. The molecule has 0 N–H and O–H groups in total. The Morgan fingerprint density at radius 1 is 1.19 bits per heavy atom. The van der Waals surface area contributed by atoms with Crippen molar-refractivity contribution in [3.63, 3.8) is 0 Å². The van der Waals surface area contributed by atoms with Gasteiger partial charge in [0.2, 0.25) is 5.91 Å². The summed E-state index contributed by atoms with van der Waals surface area (Å²) in [6.45, 7) is 3.92. The summed E-state index contributed by atoms with van der Waals surface area (Å²) in [6, 6.07) is 11.8. The Hall–Kier alpha value is -3.35. The van der Waals surface area contributed by atoms with Crippen LogP contribution in [0.2, 0.25) is 0 Å². The highest BCUT2D eigenvalue weighted by molar-refractivity contribution is 5.91. The van der Waals surface area contributed by atoms with Crippen LogP contribution in [0.4, 0.5) is 5.69 Å². The third-order valence-electron chi connectivity index (χ3n) is 4.17. The van der Waals surface area contributed by atoms with Gasteiger partial charge in [0.25, 0.3) is 5.69 Å². The molecule has 2 aromatic carbocycles. The lowest BCUT2D eigenvalue weighted by Crippen LogP contribution is -2.28. The minimum atomic E-state index is -0.459. The van der Waals surface area contributed by atoms with Crippen molar-refractivity contribution >= 4 is 17.7 Å². The van der Waals surface area contributed by atoms with Gasteiger partial charge in [0, 0.05) is 31.3 Å². The number of amides is 1. The molecule has 1 aliphatic rings. The molecule has 0 unspecified atom stereocenters. The molecule has 1 heterocycles. The summed E-state index contributed by atoms with van der Waals surface area (Å²) in [6.07, 6.45) is 3.02. The van der Waals surface area contributed by atoms with E-state index in [-0.39, 0.29) is 11.6 Å². The number of nitro benzene ring substituents is 1. The van der Waals surface area contributed by atoms with Gasteiger partial charge >= 0.3 is 0 Å². The fourth-order valence-corrected chi connectivity index (χ4v) is 2.77. The van der Waals surface area contributed by atoms with E-state index in [9.17, 15) is 14.9 Å². The van der Waals surface area contributed by atoms with Gasteiger partial charge in [0.1, 0.15) is 13.2 Å². The summed E-state index contributed by atoms with van der Waals surface area (Å²) in [4.78, 5) is 24.6. The predicted molar refractivity (Wildman–Crippen MR) is 101 cm³/mol. The first-order valence-corrected chi connectivity index (χ1v) is 8.67. The minimum Gasteiger partial charge on any atom is -0.486 e. The second-order valence-electron chi connectivity index (χ2n) is 6.02. The second kappa shape index (κ2) is 8.35. The summed E-state index contributed by atoms with van der Waals surface area (Å²) in [5.74, 6) is 1.23. The Kier molecular flexibility index (Phi) is 5.71. The molecule has 3 rings (SSSR count). The lowest BCUT2D eigenvalue weighted by molar-refractivity contribution is -0.384. The zero-order valence-corrected chi connectivity index (χ0v) is 15.0. The van der Waals surface area contributed by atoms with Crippen molar-refractivity contribution in [1.82, 2.24) is 4.90 Å². The average molecular weight is 368 g/mol. The van der Waals surface area contributed by atoms with Gasteiger partial charge in [-0.1, -0.05) is 18.2 Å². The Balaban J connectivity index is 1.69. The number of hydrogen-bond donors (Lipinski definition) is 0. The Morgan fingerprint density at radius 2 is 1.96 bits per heavy atom. The zero-order chi connectivity index (χ0) is 19.2. The number of benzene rings is 2. The minimum absolute atomic E-state index is 0.00627. The van der Waals surface area contributed by atoms with Gasteiger partial charge in [-0.25, -0.2) is 0 Å². The number of fused-ring (bicyclic) bond motifs is 1. The van der Waals surface area contributed by atoms with Gasteiger partial charge in [0.05, 0.1) is 4.92 Å². The number of non-ortho nitro benzene ring substituents is 1. The molecular formula is C20H20N2O5. The molecule has 2 aromatic rings. The predicted octanol–water partition coefficient (Wildman–Crippen LogP) is 3.43. The van der Waals surface area contributed by atoms with Crippen LogP contribution in [-0.2, 0) is 11.3 Å². The third kappa shape index (κ3) is 4.63. The van der Waals surface area contributed by atoms with Crippen LogP contribution in [0.25, 0.3) is 6.08 Å².